The van der Waals surface area contributed by atoms with Gasteiger partial charge in [0.25, 0.3) is 5.88 Å². The van der Waals surface area contributed by atoms with E-state index in [0.717, 1.165) is 11.3 Å². The number of thiophene rings is 1. The number of ether oxygens (including phenoxy) is 2. The van der Waals surface area contributed by atoms with Gasteiger partial charge in [0.1, 0.15) is 21.9 Å². The maximum absolute atomic E-state index is 12.8. The average Bonchev–Trinajstić information content (AvgIpc) is 3.31. The van der Waals surface area contributed by atoms with Crippen molar-refractivity contribution in [3.05, 3.63) is 34.4 Å². The van der Waals surface area contributed by atoms with Crippen LogP contribution < -0.4 is 4.74 Å². The SMILES string of the molecule is COC(=O)c1sccc1S(=O)(=O)N1CCC(Oc2nccnc2C#N)C1. The molecule has 0 saturated carbocycles. The molecule has 0 spiro atoms. The van der Waals surface area contributed by atoms with Crippen LogP contribution in [0.4, 0.5) is 0 Å². The summed E-state index contributed by atoms with van der Waals surface area (Å²) in [7, 11) is -2.66. The minimum atomic E-state index is -3.86. The molecule has 11 heteroatoms. The Balaban J connectivity index is 1.77. The van der Waals surface area contributed by atoms with E-state index in [1.54, 1.807) is 0 Å². The summed E-state index contributed by atoms with van der Waals surface area (Å²) in [5, 5.41) is 10.6. The van der Waals surface area contributed by atoms with Crippen LogP contribution in [0.5, 0.6) is 5.88 Å². The first kappa shape index (κ1) is 18.2. The fourth-order valence-corrected chi connectivity index (χ4v) is 5.33. The third-order valence-electron chi connectivity index (χ3n) is 3.77. The van der Waals surface area contributed by atoms with Crippen LogP contribution in [0.2, 0.25) is 0 Å². The summed E-state index contributed by atoms with van der Waals surface area (Å²) in [4.78, 5) is 19.6. The summed E-state index contributed by atoms with van der Waals surface area (Å²) < 4.78 is 37.2. The molecule has 3 heterocycles. The van der Waals surface area contributed by atoms with Crippen molar-refractivity contribution in [3.8, 4) is 11.9 Å². The summed E-state index contributed by atoms with van der Waals surface area (Å²) in [5.41, 5.74) is 0.0413. The molecular weight excluding hydrogens is 380 g/mol. The van der Waals surface area contributed by atoms with Crippen molar-refractivity contribution in [1.82, 2.24) is 14.3 Å². The molecule has 9 nitrogen and oxygen atoms in total. The zero-order chi connectivity index (χ0) is 18.7. The van der Waals surface area contributed by atoms with Gasteiger partial charge in [-0.1, -0.05) is 0 Å². The molecule has 136 valence electrons. The number of carbonyl (C=O) groups is 1. The molecule has 1 aliphatic rings. The second-order valence-electron chi connectivity index (χ2n) is 5.32. The molecule has 0 bridgehead atoms. The van der Waals surface area contributed by atoms with Crippen LogP contribution in [-0.4, -0.2) is 55.0 Å². The van der Waals surface area contributed by atoms with E-state index in [1.165, 1.54) is 35.3 Å². The van der Waals surface area contributed by atoms with E-state index in [1.807, 2.05) is 6.07 Å². The topological polar surface area (TPSA) is 122 Å². The van der Waals surface area contributed by atoms with Crippen molar-refractivity contribution in [3.63, 3.8) is 0 Å². The molecule has 1 aliphatic heterocycles. The average molecular weight is 394 g/mol. The van der Waals surface area contributed by atoms with Gasteiger partial charge in [-0.15, -0.1) is 11.3 Å². The zero-order valence-corrected chi connectivity index (χ0v) is 15.3. The lowest BCUT2D eigenvalue weighted by atomic mass is 10.3. The second kappa shape index (κ2) is 7.36. The first-order chi connectivity index (χ1) is 12.5. The Morgan fingerprint density at radius 2 is 2.19 bits per heavy atom. The Kier molecular flexibility index (Phi) is 5.17. The van der Waals surface area contributed by atoms with Crippen molar-refractivity contribution >= 4 is 27.3 Å². The van der Waals surface area contributed by atoms with Crippen molar-refractivity contribution in [2.24, 2.45) is 0 Å². The minimum Gasteiger partial charge on any atom is -0.471 e. The van der Waals surface area contributed by atoms with Gasteiger partial charge in [0.2, 0.25) is 15.7 Å². The lowest BCUT2D eigenvalue weighted by Gasteiger charge is -2.17. The van der Waals surface area contributed by atoms with E-state index in [-0.39, 0.29) is 34.4 Å². The van der Waals surface area contributed by atoms with Crippen LogP contribution in [0.15, 0.2) is 28.7 Å². The predicted octanol–water partition coefficient (Wildman–Crippen LogP) is 1.04. The summed E-state index contributed by atoms with van der Waals surface area (Å²) >= 11 is 1.01. The van der Waals surface area contributed by atoms with Gasteiger partial charge in [-0.25, -0.2) is 23.2 Å². The predicted molar refractivity (Wildman–Crippen MR) is 90.2 cm³/mol. The Labute approximate surface area is 153 Å². The van der Waals surface area contributed by atoms with Crippen LogP contribution >= 0.6 is 11.3 Å². The number of rotatable bonds is 5. The molecule has 3 rings (SSSR count). The molecule has 1 fully saturated rings. The molecule has 0 amide bonds. The number of aromatic nitrogens is 2. The number of sulfonamides is 1. The molecule has 2 aromatic rings. The third kappa shape index (κ3) is 3.39. The first-order valence-electron chi connectivity index (χ1n) is 7.51. The number of hydrogen-bond donors (Lipinski definition) is 0. The van der Waals surface area contributed by atoms with E-state index in [2.05, 4.69) is 14.7 Å². The van der Waals surface area contributed by atoms with Crippen LogP contribution in [0.25, 0.3) is 0 Å². The van der Waals surface area contributed by atoms with E-state index in [0.29, 0.717) is 6.42 Å². The van der Waals surface area contributed by atoms with Crippen LogP contribution in [0.3, 0.4) is 0 Å². The number of carbonyl (C=O) groups excluding carboxylic acids is 1. The Hall–Kier alpha value is -2.55. The van der Waals surface area contributed by atoms with Gasteiger partial charge < -0.3 is 9.47 Å². The fourth-order valence-electron chi connectivity index (χ4n) is 2.54. The van der Waals surface area contributed by atoms with Crippen LogP contribution in [-0.2, 0) is 14.8 Å². The van der Waals surface area contributed by atoms with Crippen molar-refractivity contribution < 1.29 is 22.7 Å². The van der Waals surface area contributed by atoms with Crippen LogP contribution in [0, 0.1) is 11.3 Å². The molecule has 26 heavy (non-hydrogen) atoms. The highest BCUT2D eigenvalue weighted by atomic mass is 32.2. The van der Waals surface area contributed by atoms with Crippen molar-refractivity contribution in [2.45, 2.75) is 17.4 Å². The Morgan fingerprint density at radius 3 is 2.92 bits per heavy atom. The third-order valence-corrected chi connectivity index (χ3v) is 6.71. The number of methoxy groups -OCH3 is 1. The standard InChI is InChI=1S/C15H14N4O5S2/c1-23-15(20)13-12(3-7-25-13)26(21,22)19-6-2-10(9-19)24-14-11(8-16)17-4-5-18-14/h3-5,7,10H,2,6,9H2,1H3. The normalized spacial score (nSPS) is 17.6. The van der Waals surface area contributed by atoms with E-state index >= 15 is 0 Å². The molecule has 1 unspecified atom stereocenters. The monoisotopic (exact) mass is 394 g/mol. The molecule has 0 N–H and O–H groups in total. The highest BCUT2D eigenvalue weighted by Gasteiger charge is 2.37. The van der Waals surface area contributed by atoms with Crippen LogP contribution in [0.1, 0.15) is 21.8 Å². The van der Waals surface area contributed by atoms with E-state index in [4.69, 9.17) is 10.00 Å². The number of hydrogen-bond acceptors (Lipinski definition) is 9. The number of nitrogens with zero attached hydrogens (tertiary/aromatic N) is 4. The lowest BCUT2D eigenvalue weighted by Crippen LogP contribution is -2.31. The fraction of sp³-hybridized carbons (Fsp3) is 0.333. The van der Waals surface area contributed by atoms with Gasteiger partial charge in [0, 0.05) is 18.9 Å². The molecular formula is C15H14N4O5S2. The quantitative estimate of drug-likeness (QED) is 0.689. The molecule has 1 saturated heterocycles. The molecule has 0 aromatic carbocycles. The van der Waals surface area contributed by atoms with Gasteiger partial charge in [-0.2, -0.15) is 9.57 Å². The van der Waals surface area contributed by atoms with Gasteiger partial charge in [-0.3, -0.25) is 0 Å². The largest absolute Gasteiger partial charge is 0.471 e. The summed E-state index contributed by atoms with van der Waals surface area (Å²) in [6.45, 7) is 0.311. The second-order valence-corrected chi connectivity index (χ2v) is 8.14. The van der Waals surface area contributed by atoms with Crippen molar-refractivity contribution in [1.29, 1.82) is 5.26 Å². The van der Waals surface area contributed by atoms with Gasteiger partial charge in [0.15, 0.2) is 0 Å². The highest BCUT2D eigenvalue weighted by molar-refractivity contribution is 7.89. The lowest BCUT2D eigenvalue weighted by molar-refractivity contribution is 0.0602. The molecule has 1 atom stereocenters. The summed E-state index contributed by atoms with van der Waals surface area (Å²) in [6.07, 6.45) is 2.74. The minimum absolute atomic E-state index is 0.0394. The first-order valence-corrected chi connectivity index (χ1v) is 9.83. The Bertz CT molecular complexity index is 966. The number of esters is 1. The van der Waals surface area contributed by atoms with Gasteiger partial charge in [-0.05, 0) is 17.9 Å². The molecule has 0 aliphatic carbocycles. The maximum atomic E-state index is 12.8. The molecule has 2 aromatic heterocycles. The summed E-state index contributed by atoms with van der Waals surface area (Å²) in [5.74, 6) is -0.617. The zero-order valence-electron chi connectivity index (χ0n) is 13.7. The van der Waals surface area contributed by atoms with Gasteiger partial charge in [0.05, 0.1) is 13.7 Å². The van der Waals surface area contributed by atoms with Crippen molar-refractivity contribution in [2.75, 3.05) is 20.2 Å². The number of nitriles is 1. The maximum Gasteiger partial charge on any atom is 0.349 e. The molecule has 0 radical (unpaired) electrons. The van der Waals surface area contributed by atoms with E-state index < -0.39 is 22.1 Å². The Morgan fingerprint density at radius 1 is 1.42 bits per heavy atom. The highest BCUT2D eigenvalue weighted by Crippen LogP contribution is 2.29. The van der Waals surface area contributed by atoms with E-state index in [9.17, 15) is 13.2 Å². The smallest absolute Gasteiger partial charge is 0.349 e. The van der Waals surface area contributed by atoms with Gasteiger partial charge >= 0.3 is 5.97 Å². The summed E-state index contributed by atoms with van der Waals surface area (Å²) in [6, 6.07) is 3.27.